The van der Waals surface area contributed by atoms with Gasteiger partial charge in [-0.3, -0.25) is 9.59 Å². The Morgan fingerprint density at radius 3 is 1.73 bits per heavy atom. The van der Waals surface area contributed by atoms with Crippen LogP contribution < -0.4 is 5.32 Å². The molecule has 26 heavy (non-hydrogen) atoms. The van der Waals surface area contributed by atoms with Crippen LogP contribution >= 0.6 is 0 Å². The van der Waals surface area contributed by atoms with Crippen molar-refractivity contribution in [2.75, 3.05) is 7.11 Å². The van der Waals surface area contributed by atoms with Gasteiger partial charge in [0.2, 0.25) is 5.91 Å². The highest BCUT2D eigenvalue weighted by Gasteiger charge is 2.35. The number of esters is 1. The Kier molecular flexibility index (Phi) is 13.3. The topological polar surface area (TPSA) is 55.4 Å². The van der Waals surface area contributed by atoms with Gasteiger partial charge in [0.15, 0.2) is 0 Å². The zero-order valence-corrected chi connectivity index (χ0v) is 17.2. The van der Waals surface area contributed by atoms with Gasteiger partial charge in [-0.15, -0.1) is 0 Å². The third-order valence-electron chi connectivity index (χ3n) is 5.55. The fraction of sp³-hybridized carbons (Fsp3) is 0.909. The van der Waals surface area contributed by atoms with E-state index in [0.29, 0.717) is 6.42 Å². The summed E-state index contributed by atoms with van der Waals surface area (Å²) in [6, 6.07) is 0.175. The Hall–Kier alpha value is -1.06. The number of amides is 1. The summed E-state index contributed by atoms with van der Waals surface area (Å²) in [7, 11) is 1.42. The minimum absolute atomic E-state index is 0.0124. The molecule has 4 heteroatoms. The molecule has 1 fully saturated rings. The van der Waals surface area contributed by atoms with Gasteiger partial charge in [0.05, 0.1) is 13.0 Å². The molecule has 1 aliphatic carbocycles. The average Bonchev–Trinajstić information content (AvgIpc) is 2.61. The summed E-state index contributed by atoms with van der Waals surface area (Å²) >= 11 is 0. The van der Waals surface area contributed by atoms with Crippen LogP contribution in [0.1, 0.15) is 110 Å². The van der Waals surface area contributed by atoms with E-state index >= 15 is 0 Å². The molecule has 0 atom stereocenters. The maximum absolute atomic E-state index is 11.9. The molecule has 4 nitrogen and oxygen atoms in total. The quantitative estimate of drug-likeness (QED) is 0.288. The molecular weight excluding hydrogens is 326 g/mol. The number of ether oxygens (including phenoxy) is 1. The minimum Gasteiger partial charge on any atom is -0.469 e. The van der Waals surface area contributed by atoms with Crippen LogP contribution in [0, 0.1) is 5.92 Å². The number of rotatable bonds is 16. The monoisotopic (exact) mass is 367 g/mol. The molecule has 152 valence electrons. The lowest BCUT2D eigenvalue weighted by atomic mass is 9.80. The number of methoxy groups -OCH3 is 1. The van der Waals surface area contributed by atoms with Crippen molar-refractivity contribution in [3.63, 3.8) is 0 Å². The number of unbranched alkanes of at least 4 members (excludes halogenated alkanes) is 12. The van der Waals surface area contributed by atoms with Crippen molar-refractivity contribution in [1.29, 1.82) is 0 Å². The maximum atomic E-state index is 11.9. The SMILES string of the molecule is CCCCCCCCCCCCCCCC(=O)NC1CC(C(=O)OC)C1. The van der Waals surface area contributed by atoms with Crippen molar-refractivity contribution in [2.24, 2.45) is 5.92 Å². The lowest BCUT2D eigenvalue weighted by Crippen LogP contribution is -2.46. The summed E-state index contributed by atoms with van der Waals surface area (Å²) in [6.07, 6.45) is 19.3. The van der Waals surface area contributed by atoms with Gasteiger partial charge in [-0.25, -0.2) is 0 Å². The van der Waals surface area contributed by atoms with E-state index in [9.17, 15) is 9.59 Å². The van der Waals surface area contributed by atoms with E-state index in [4.69, 9.17) is 4.74 Å². The minimum atomic E-state index is -0.146. The molecule has 0 aromatic carbocycles. The first-order chi connectivity index (χ1) is 12.7. The first-order valence-electron chi connectivity index (χ1n) is 11.0. The highest BCUT2D eigenvalue weighted by molar-refractivity contribution is 5.77. The molecule has 1 saturated carbocycles. The van der Waals surface area contributed by atoms with Gasteiger partial charge in [-0.1, -0.05) is 84.0 Å². The molecule has 0 aromatic heterocycles. The Bertz CT molecular complexity index is 378. The number of carbonyl (C=O) groups excluding carboxylic acids is 2. The van der Waals surface area contributed by atoms with Gasteiger partial charge in [0, 0.05) is 12.5 Å². The fourth-order valence-corrected chi connectivity index (χ4v) is 3.70. The molecule has 1 amide bonds. The third-order valence-corrected chi connectivity index (χ3v) is 5.55. The second-order valence-electron chi connectivity index (χ2n) is 7.95. The summed E-state index contributed by atoms with van der Waals surface area (Å²) in [6.45, 7) is 2.27. The number of carbonyl (C=O) groups is 2. The molecule has 0 aliphatic heterocycles. The van der Waals surface area contributed by atoms with E-state index in [-0.39, 0.29) is 23.8 Å². The zero-order chi connectivity index (χ0) is 19.0. The molecule has 0 aromatic rings. The van der Waals surface area contributed by atoms with Gasteiger partial charge in [-0.05, 0) is 19.3 Å². The first kappa shape index (κ1) is 23.0. The van der Waals surface area contributed by atoms with E-state index in [1.54, 1.807) is 0 Å². The van der Waals surface area contributed by atoms with Gasteiger partial charge in [0.1, 0.15) is 0 Å². The summed E-state index contributed by atoms with van der Waals surface area (Å²) < 4.78 is 4.71. The Balaban J connectivity index is 1.79. The zero-order valence-electron chi connectivity index (χ0n) is 17.2. The molecule has 1 N–H and O–H groups in total. The summed E-state index contributed by atoms with van der Waals surface area (Å²) in [5, 5.41) is 3.02. The normalized spacial score (nSPS) is 19.0. The smallest absolute Gasteiger partial charge is 0.308 e. The standard InChI is InChI=1S/C22H41NO3/c1-3-4-5-6-7-8-9-10-11-12-13-14-15-16-21(24)23-20-17-19(18-20)22(25)26-2/h19-20H,3-18H2,1-2H3,(H,23,24). The molecule has 0 saturated heterocycles. The maximum Gasteiger partial charge on any atom is 0.308 e. The predicted octanol–water partition coefficient (Wildman–Crippen LogP) is 5.54. The van der Waals surface area contributed by atoms with E-state index < -0.39 is 0 Å². The van der Waals surface area contributed by atoms with Crippen molar-refractivity contribution >= 4 is 11.9 Å². The van der Waals surface area contributed by atoms with Gasteiger partial charge < -0.3 is 10.1 Å². The largest absolute Gasteiger partial charge is 0.469 e. The van der Waals surface area contributed by atoms with Crippen molar-refractivity contribution in [3.05, 3.63) is 0 Å². The number of nitrogens with one attached hydrogen (secondary N) is 1. The lowest BCUT2D eigenvalue weighted by Gasteiger charge is -2.33. The fourth-order valence-electron chi connectivity index (χ4n) is 3.70. The molecule has 0 bridgehead atoms. The van der Waals surface area contributed by atoms with Crippen LogP contribution in [0.5, 0.6) is 0 Å². The average molecular weight is 368 g/mol. The first-order valence-corrected chi connectivity index (χ1v) is 11.0. The van der Waals surface area contributed by atoms with Crippen molar-refractivity contribution in [2.45, 2.75) is 116 Å². The molecule has 0 unspecified atom stereocenters. The van der Waals surface area contributed by atoms with Crippen LogP contribution in [0.3, 0.4) is 0 Å². The Labute approximate surface area is 160 Å². The van der Waals surface area contributed by atoms with E-state index in [0.717, 1.165) is 25.7 Å². The van der Waals surface area contributed by atoms with Crippen molar-refractivity contribution < 1.29 is 14.3 Å². The van der Waals surface area contributed by atoms with Crippen molar-refractivity contribution in [1.82, 2.24) is 5.32 Å². The van der Waals surface area contributed by atoms with Crippen LogP contribution in [0.2, 0.25) is 0 Å². The van der Waals surface area contributed by atoms with Crippen LogP contribution in [0.4, 0.5) is 0 Å². The predicted molar refractivity (Wildman–Crippen MR) is 107 cm³/mol. The molecule has 1 rings (SSSR count). The highest BCUT2D eigenvalue weighted by atomic mass is 16.5. The van der Waals surface area contributed by atoms with Crippen LogP contribution in [-0.4, -0.2) is 25.0 Å². The molecule has 0 spiro atoms. The van der Waals surface area contributed by atoms with E-state index in [2.05, 4.69) is 12.2 Å². The van der Waals surface area contributed by atoms with Crippen molar-refractivity contribution in [3.8, 4) is 0 Å². The Morgan fingerprint density at radius 2 is 1.27 bits per heavy atom. The second-order valence-corrected chi connectivity index (χ2v) is 7.95. The number of hydrogen-bond donors (Lipinski definition) is 1. The molecule has 1 aliphatic rings. The van der Waals surface area contributed by atoms with Crippen LogP contribution in [0.15, 0.2) is 0 Å². The molecule has 0 heterocycles. The lowest BCUT2D eigenvalue weighted by molar-refractivity contribution is -0.149. The second kappa shape index (κ2) is 15.0. The number of hydrogen-bond acceptors (Lipinski definition) is 3. The van der Waals surface area contributed by atoms with Gasteiger partial charge in [0.25, 0.3) is 0 Å². The summed E-state index contributed by atoms with van der Waals surface area (Å²) in [4.78, 5) is 23.2. The summed E-state index contributed by atoms with van der Waals surface area (Å²) in [5.41, 5.74) is 0. The van der Waals surface area contributed by atoms with Crippen LogP contribution in [-0.2, 0) is 14.3 Å². The van der Waals surface area contributed by atoms with Gasteiger partial charge in [-0.2, -0.15) is 0 Å². The van der Waals surface area contributed by atoms with E-state index in [1.807, 2.05) is 0 Å². The van der Waals surface area contributed by atoms with Gasteiger partial charge >= 0.3 is 5.97 Å². The third kappa shape index (κ3) is 10.8. The highest BCUT2D eigenvalue weighted by Crippen LogP contribution is 2.28. The van der Waals surface area contributed by atoms with Crippen LogP contribution in [0.25, 0.3) is 0 Å². The summed E-state index contributed by atoms with van der Waals surface area (Å²) in [5.74, 6) is -0.0185. The van der Waals surface area contributed by atoms with E-state index in [1.165, 1.54) is 77.7 Å². The molecular formula is C22H41NO3. The molecule has 0 radical (unpaired) electrons. The Morgan fingerprint density at radius 1 is 0.808 bits per heavy atom.